The Kier molecular flexibility index (Phi) is 6.46. The van der Waals surface area contributed by atoms with Crippen molar-refractivity contribution in [3.63, 3.8) is 0 Å². The number of hydrogen-bond acceptors (Lipinski definition) is 7. The summed E-state index contributed by atoms with van der Waals surface area (Å²) in [5.74, 6) is -1.90. The molecule has 9 nitrogen and oxygen atoms in total. The summed E-state index contributed by atoms with van der Waals surface area (Å²) in [5, 5.41) is 21.0. The Balaban J connectivity index is 2.13. The summed E-state index contributed by atoms with van der Waals surface area (Å²) in [5.41, 5.74) is 4.86. The van der Waals surface area contributed by atoms with Crippen LogP contribution in [0.3, 0.4) is 0 Å². The lowest BCUT2D eigenvalue weighted by atomic mass is 10.1. The van der Waals surface area contributed by atoms with Gasteiger partial charge in [0.15, 0.2) is 11.6 Å². The molecule has 2 heterocycles. The first-order valence-electron chi connectivity index (χ1n) is 9.62. The van der Waals surface area contributed by atoms with Crippen molar-refractivity contribution in [1.29, 1.82) is 0 Å². The van der Waals surface area contributed by atoms with E-state index in [1.165, 1.54) is 6.20 Å². The van der Waals surface area contributed by atoms with Crippen LogP contribution in [0.2, 0.25) is 0 Å². The lowest BCUT2D eigenvalue weighted by Gasteiger charge is -2.27. The zero-order valence-corrected chi connectivity index (χ0v) is 16.3. The molecule has 0 amide bonds. The number of carboxylic acids is 1. The van der Waals surface area contributed by atoms with Crippen molar-refractivity contribution in [2.24, 2.45) is 11.7 Å². The van der Waals surface area contributed by atoms with Crippen molar-refractivity contribution in [1.82, 2.24) is 14.9 Å². The van der Waals surface area contributed by atoms with E-state index < -0.39 is 17.2 Å². The Morgan fingerprint density at radius 1 is 1.52 bits per heavy atom. The highest BCUT2D eigenvalue weighted by Gasteiger charge is 2.29. The number of aliphatic hydroxyl groups excluding tert-OH is 1. The van der Waals surface area contributed by atoms with Crippen LogP contribution >= 0.6 is 0 Å². The molecule has 1 fully saturated rings. The second-order valence-electron chi connectivity index (χ2n) is 7.43. The molecule has 0 bridgehead atoms. The topological polar surface area (TPSA) is 134 Å². The van der Waals surface area contributed by atoms with Crippen LogP contribution in [-0.4, -0.2) is 58.6 Å². The Morgan fingerprint density at radius 3 is 2.83 bits per heavy atom. The van der Waals surface area contributed by atoms with Gasteiger partial charge >= 0.3 is 5.97 Å². The lowest BCUT2D eigenvalue weighted by molar-refractivity contribution is 0.0695. The van der Waals surface area contributed by atoms with Crippen LogP contribution in [-0.2, 0) is 0 Å². The maximum Gasteiger partial charge on any atom is 0.341 e. The van der Waals surface area contributed by atoms with E-state index in [1.807, 2.05) is 6.92 Å². The molecular weight excluding hydrogens is 381 g/mol. The fourth-order valence-electron chi connectivity index (χ4n) is 3.27. The summed E-state index contributed by atoms with van der Waals surface area (Å²) < 4.78 is 16.7. The van der Waals surface area contributed by atoms with E-state index in [0.717, 1.165) is 18.9 Å². The van der Waals surface area contributed by atoms with Gasteiger partial charge in [-0.3, -0.25) is 10.1 Å². The van der Waals surface area contributed by atoms with Crippen LogP contribution < -0.4 is 21.4 Å². The molecule has 158 valence electrons. The highest BCUT2D eigenvalue weighted by molar-refractivity contribution is 5.92. The van der Waals surface area contributed by atoms with Crippen molar-refractivity contribution in [3.8, 4) is 0 Å². The van der Waals surface area contributed by atoms with Crippen molar-refractivity contribution >= 4 is 22.8 Å². The van der Waals surface area contributed by atoms with Crippen molar-refractivity contribution in [2.45, 2.75) is 25.8 Å². The van der Waals surface area contributed by atoms with Gasteiger partial charge in [0, 0.05) is 31.9 Å². The minimum Gasteiger partial charge on any atom is -0.477 e. The number of carbonyl (C=O) groups is 1. The summed E-state index contributed by atoms with van der Waals surface area (Å²) in [6, 6.07) is 1.12. The Morgan fingerprint density at radius 2 is 2.24 bits per heavy atom. The third-order valence-corrected chi connectivity index (χ3v) is 5.01. The molecular formula is C19H26FN5O4. The summed E-state index contributed by atoms with van der Waals surface area (Å²) in [4.78, 5) is 30.2. The SMILES string of the molecule is CC(CN)CN(CCNCO)c1nc2c(cc1F)c(=O)c(C(=O)O)cn2C1CC1. The average Bonchev–Trinajstić information content (AvgIpc) is 3.52. The zero-order chi connectivity index (χ0) is 21.1. The number of aromatic carboxylic acids is 1. The van der Waals surface area contributed by atoms with Crippen LogP contribution in [0.5, 0.6) is 0 Å². The highest BCUT2D eigenvalue weighted by Crippen LogP contribution is 2.37. The molecule has 10 heteroatoms. The first-order valence-corrected chi connectivity index (χ1v) is 9.62. The van der Waals surface area contributed by atoms with Crippen molar-refractivity contribution < 1.29 is 19.4 Å². The van der Waals surface area contributed by atoms with E-state index in [-0.39, 0.29) is 41.1 Å². The number of nitrogens with zero attached hydrogens (tertiary/aromatic N) is 3. The maximum absolute atomic E-state index is 15.0. The van der Waals surface area contributed by atoms with Gasteiger partial charge in [-0.2, -0.15) is 0 Å². The van der Waals surface area contributed by atoms with Crippen LogP contribution in [0.15, 0.2) is 17.1 Å². The maximum atomic E-state index is 15.0. The third kappa shape index (κ3) is 4.55. The fraction of sp³-hybridized carbons (Fsp3) is 0.526. The normalized spacial score (nSPS) is 14.9. The fourth-order valence-corrected chi connectivity index (χ4v) is 3.27. The van der Waals surface area contributed by atoms with E-state index >= 15 is 0 Å². The molecule has 5 N–H and O–H groups in total. The van der Waals surface area contributed by atoms with Crippen LogP contribution in [0.25, 0.3) is 11.0 Å². The Bertz CT molecular complexity index is 960. The van der Waals surface area contributed by atoms with Crippen LogP contribution in [0.1, 0.15) is 36.2 Å². The Labute approximate surface area is 166 Å². The molecule has 2 aromatic rings. The molecule has 0 aliphatic heterocycles. The largest absolute Gasteiger partial charge is 0.477 e. The minimum absolute atomic E-state index is 0.0432. The van der Waals surface area contributed by atoms with Crippen LogP contribution in [0, 0.1) is 11.7 Å². The van der Waals surface area contributed by atoms with Crippen molar-refractivity contribution in [3.05, 3.63) is 33.9 Å². The number of fused-ring (bicyclic) bond motifs is 1. The molecule has 0 spiro atoms. The van der Waals surface area contributed by atoms with Gasteiger partial charge in [-0.15, -0.1) is 0 Å². The Hall–Kier alpha value is -2.56. The molecule has 1 aliphatic rings. The quantitative estimate of drug-likeness (QED) is 0.331. The average molecular weight is 407 g/mol. The summed E-state index contributed by atoms with van der Waals surface area (Å²) in [7, 11) is 0. The first kappa shape index (κ1) is 21.2. The van der Waals surface area contributed by atoms with E-state index in [9.17, 15) is 19.1 Å². The van der Waals surface area contributed by atoms with Gasteiger partial charge < -0.3 is 25.4 Å². The second-order valence-corrected chi connectivity index (χ2v) is 7.43. The van der Waals surface area contributed by atoms with E-state index in [4.69, 9.17) is 10.8 Å². The number of anilines is 1. The van der Waals surface area contributed by atoms with Gasteiger partial charge in [0.05, 0.1) is 12.1 Å². The number of rotatable bonds is 10. The number of aliphatic hydroxyl groups is 1. The second kappa shape index (κ2) is 8.85. The van der Waals surface area contributed by atoms with Gasteiger partial charge in [0.25, 0.3) is 0 Å². The molecule has 1 aliphatic carbocycles. The molecule has 1 unspecified atom stereocenters. The smallest absolute Gasteiger partial charge is 0.341 e. The van der Waals surface area contributed by atoms with E-state index in [2.05, 4.69) is 10.3 Å². The molecule has 1 saturated carbocycles. The molecule has 1 atom stereocenters. The number of pyridine rings is 2. The van der Waals surface area contributed by atoms with Gasteiger partial charge in [-0.1, -0.05) is 6.92 Å². The predicted molar refractivity (Wildman–Crippen MR) is 107 cm³/mol. The number of carboxylic acid groups (broad SMARTS) is 1. The summed E-state index contributed by atoms with van der Waals surface area (Å²) in [6.07, 6.45) is 3.00. The zero-order valence-electron chi connectivity index (χ0n) is 16.3. The van der Waals surface area contributed by atoms with Gasteiger partial charge in [-0.05, 0) is 31.4 Å². The highest BCUT2D eigenvalue weighted by atomic mass is 19.1. The number of aromatic nitrogens is 2. The molecule has 0 radical (unpaired) electrons. The number of halogens is 1. The molecule has 0 saturated heterocycles. The summed E-state index contributed by atoms with van der Waals surface area (Å²) >= 11 is 0. The van der Waals surface area contributed by atoms with E-state index in [0.29, 0.717) is 26.2 Å². The predicted octanol–water partition coefficient (Wildman–Crippen LogP) is 0.509. The van der Waals surface area contributed by atoms with Gasteiger partial charge in [0.1, 0.15) is 11.2 Å². The lowest BCUT2D eigenvalue weighted by Crippen LogP contribution is -2.38. The monoisotopic (exact) mass is 407 g/mol. The van der Waals surface area contributed by atoms with Crippen LogP contribution in [0.4, 0.5) is 10.2 Å². The molecule has 29 heavy (non-hydrogen) atoms. The summed E-state index contributed by atoms with van der Waals surface area (Å²) in [6.45, 7) is 3.37. The van der Waals surface area contributed by atoms with E-state index in [1.54, 1.807) is 9.47 Å². The first-order chi connectivity index (χ1) is 13.9. The number of nitrogens with two attached hydrogens (primary N) is 1. The standard InChI is InChI=1S/C19H26FN5O4/c1-11(7-21)8-24(5-4-22-10-26)18-15(20)6-13-16(27)14(19(28)29)9-25(12-2-3-12)17(13)23-18/h6,9,11-12,22,26H,2-5,7-8,10,21H2,1H3,(H,28,29). The minimum atomic E-state index is -1.34. The molecule has 0 aromatic carbocycles. The number of hydrogen-bond donors (Lipinski definition) is 4. The van der Waals surface area contributed by atoms with Gasteiger partial charge in [-0.25, -0.2) is 14.2 Å². The van der Waals surface area contributed by atoms with Gasteiger partial charge in [0.2, 0.25) is 5.43 Å². The third-order valence-electron chi connectivity index (χ3n) is 5.01. The number of nitrogens with one attached hydrogen (secondary N) is 1. The van der Waals surface area contributed by atoms with Crippen molar-refractivity contribution in [2.75, 3.05) is 37.8 Å². The molecule has 2 aromatic heterocycles. The molecule has 3 rings (SSSR count).